The Morgan fingerprint density at radius 1 is 0.933 bits per heavy atom. The average Bonchev–Trinajstić information content (AvgIpc) is 3.47. The van der Waals surface area contributed by atoms with E-state index in [-0.39, 0.29) is 22.8 Å². The molecule has 0 unspecified atom stereocenters. The molecule has 1 N–H and O–H groups in total. The second-order valence-electron chi connectivity index (χ2n) is 11.7. The van der Waals surface area contributed by atoms with Gasteiger partial charge in [-0.1, -0.05) is 48.9 Å². The number of carbonyl (C=O) groups is 2. The number of nitrogens with one attached hydrogen (secondary N) is 1. The summed E-state index contributed by atoms with van der Waals surface area (Å²) in [7, 11) is 0. The van der Waals surface area contributed by atoms with E-state index in [2.05, 4.69) is 10.2 Å². The molecule has 1 saturated carbocycles. The highest BCUT2D eigenvalue weighted by molar-refractivity contribution is 6.33. The van der Waals surface area contributed by atoms with Crippen molar-refractivity contribution in [2.24, 2.45) is 0 Å². The van der Waals surface area contributed by atoms with E-state index in [1.54, 1.807) is 18.2 Å². The summed E-state index contributed by atoms with van der Waals surface area (Å²) in [4.78, 5) is 31.6. The summed E-state index contributed by atoms with van der Waals surface area (Å²) in [6, 6.07) is 24.8. The maximum atomic E-state index is 13.7. The number of Topliss-reactive ketones (excluding diaryl/α,β-unsaturated/α-hetero) is 2. The molecule has 6 aromatic rings. The SMILES string of the molecule is CCC(=O)c1c(-c2ccc(F)cc2)oc2ccc(-c3cc(C(=O)CC4(c5nc(-c6ccccc6Cl)n[nH]5)CC4)ccc3C)cc12. The fraction of sp³-hybridized carbons (Fsp3) is 0.189. The highest BCUT2D eigenvalue weighted by atomic mass is 35.5. The lowest BCUT2D eigenvalue weighted by Gasteiger charge is -2.13. The van der Waals surface area contributed by atoms with Gasteiger partial charge in [0.25, 0.3) is 0 Å². The number of aromatic amines is 1. The van der Waals surface area contributed by atoms with Gasteiger partial charge in [-0.05, 0) is 91.1 Å². The van der Waals surface area contributed by atoms with Crippen LogP contribution in [0, 0.1) is 12.7 Å². The molecule has 0 amide bonds. The zero-order valence-electron chi connectivity index (χ0n) is 24.8. The molecule has 2 aromatic heterocycles. The number of aryl methyl sites for hydroxylation is 1. The number of hydrogen-bond acceptors (Lipinski definition) is 5. The van der Waals surface area contributed by atoms with Crippen LogP contribution in [-0.4, -0.2) is 26.7 Å². The van der Waals surface area contributed by atoms with Gasteiger partial charge in [-0.25, -0.2) is 9.37 Å². The molecule has 8 heteroatoms. The summed E-state index contributed by atoms with van der Waals surface area (Å²) in [5, 5.41) is 8.72. The van der Waals surface area contributed by atoms with Crippen molar-refractivity contribution in [2.75, 3.05) is 0 Å². The second kappa shape index (κ2) is 11.2. The molecule has 4 aromatic carbocycles. The van der Waals surface area contributed by atoms with Crippen LogP contribution >= 0.6 is 11.6 Å². The van der Waals surface area contributed by atoms with Crippen LogP contribution in [-0.2, 0) is 5.41 Å². The minimum absolute atomic E-state index is 0.0225. The van der Waals surface area contributed by atoms with E-state index < -0.39 is 0 Å². The Morgan fingerprint density at radius 3 is 2.42 bits per heavy atom. The fourth-order valence-electron chi connectivity index (χ4n) is 5.95. The molecular formula is C37H29ClFN3O3. The van der Waals surface area contributed by atoms with Crippen molar-refractivity contribution in [2.45, 2.75) is 44.9 Å². The zero-order valence-corrected chi connectivity index (χ0v) is 25.5. The standard InChI is InChI=1S/C37H29ClFN3O3/c1-3-30(43)33-28-18-23(12-15-32(28)45-34(33)22-10-13-25(39)14-11-22)27-19-24(9-8-21(27)2)31(44)20-37(16-17-37)36-40-35(41-42-36)26-6-4-5-7-29(26)38/h4-15,18-19H,3,16-17,20H2,1-2H3,(H,40,41,42). The van der Waals surface area contributed by atoms with Crippen molar-refractivity contribution >= 4 is 34.1 Å². The van der Waals surface area contributed by atoms with Crippen molar-refractivity contribution < 1.29 is 18.4 Å². The van der Waals surface area contributed by atoms with Gasteiger partial charge in [0, 0.05) is 40.3 Å². The zero-order chi connectivity index (χ0) is 31.3. The van der Waals surface area contributed by atoms with Gasteiger partial charge in [0.15, 0.2) is 17.4 Å². The molecule has 0 radical (unpaired) electrons. The van der Waals surface area contributed by atoms with Gasteiger partial charge in [-0.15, -0.1) is 0 Å². The van der Waals surface area contributed by atoms with Gasteiger partial charge in [-0.2, -0.15) is 5.10 Å². The number of rotatable bonds is 9. The molecule has 7 rings (SSSR count). The van der Waals surface area contributed by atoms with E-state index in [0.29, 0.717) is 62.9 Å². The van der Waals surface area contributed by atoms with Crippen molar-refractivity contribution in [3.63, 3.8) is 0 Å². The van der Waals surface area contributed by atoms with Gasteiger partial charge < -0.3 is 4.42 Å². The average molecular weight is 618 g/mol. The predicted octanol–water partition coefficient (Wildman–Crippen LogP) is 9.55. The molecule has 0 saturated heterocycles. The summed E-state index contributed by atoms with van der Waals surface area (Å²) in [6.07, 6.45) is 2.29. The topological polar surface area (TPSA) is 88.8 Å². The van der Waals surface area contributed by atoms with Crippen LogP contribution in [0.2, 0.25) is 5.02 Å². The number of H-pyrrole nitrogens is 1. The van der Waals surface area contributed by atoms with Crippen LogP contribution in [0.25, 0.3) is 44.8 Å². The summed E-state index contributed by atoms with van der Waals surface area (Å²) in [5.74, 6) is 1.24. The Morgan fingerprint density at radius 2 is 1.69 bits per heavy atom. The lowest BCUT2D eigenvalue weighted by atomic mass is 9.91. The molecule has 0 spiro atoms. The minimum atomic E-state index is -0.378. The Bertz CT molecular complexity index is 2110. The molecule has 0 atom stereocenters. The largest absolute Gasteiger partial charge is 0.455 e. The third-order valence-electron chi connectivity index (χ3n) is 8.72. The maximum Gasteiger partial charge on any atom is 0.182 e. The van der Waals surface area contributed by atoms with Gasteiger partial charge in [0.2, 0.25) is 0 Å². The van der Waals surface area contributed by atoms with E-state index in [0.717, 1.165) is 35.1 Å². The third kappa shape index (κ3) is 5.27. The maximum absolute atomic E-state index is 13.7. The number of ketones is 2. The molecule has 1 fully saturated rings. The van der Waals surface area contributed by atoms with Crippen LogP contribution in [0.4, 0.5) is 4.39 Å². The number of fused-ring (bicyclic) bond motifs is 1. The first-order valence-electron chi connectivity index (χ1n) is 14.9. The number of carbonyl (C=O) groups excluding carboxylic acids is 2. The van der Waals surface area contributed by atoms with E-state index in [1.807, 2.05) is 68.4 Å². The predicted molar refractivity (Wildman–Crippen MR) is 173 cm³/mol. The smallest absolute Gasteiger partial charge is 0.182 e. The van der Waals surface area contributed by atoms with E-state index >= 15 is 0 Å². The van der Waals surface area contributed by atoms with E-state index in [4.69, 9.17) is 21.0 Å². The van der Waals surface area contributed by atoms with Crippen LogP contribution in [0.1, 0.15) is 64.7 Å². The van der Waals surface area contributed by atoms with Crippen molar-refractivity contribution in [3.05, 3.63) is 118 Å². The first kappa shape index (κ1) is 28.9. The molecule has 224 valence electrons. The molecule has 0 bridgehead atoms. The van der Waals surface area contributed by atoms with Crippen LogP contribution in [0.5, 0.6) is 0 Å². The summed E-state index contributed by atoms with van der Waals surface area (Å²) in [6.45, 7) is 3.81. The number of nitrogens with zero attached hydrogens (tertiary/aromatic N) is 2. The van der Waals surface area contributed by atoms with Crippen molar-refractivity contribution in [1.82, 2.24) is 15.2 Å². The summed E-state index contributed by atoms with van der Waals surface area (Å²) in [5.41, 5.74) is 5.41. The normalized spacial score (nSPS) is 13.7. The lowest BCUT2D eigenvalue weighted by molar-refractivity contribution is 0.0965. The first-order chi connectivity index (χ1) is 21.8. The highest BCUT2D eigenvalue weighted by Crippen LogP contribution is 2.50. The van der Waals surface area contributed by atoms with Gasteiger partial charge in [-0.3, -0.25) is 14.7 Å². The second-order valence-corrected chi connectivity index (χ2v) is 12.1. The Kier molecular flexibility index (Phi) is 7.21. The number of halogens is 2. The molecule has 6 nitrogen and oxygen atoms in total. The van der Waals surface area contributed by atoms with Crippen molar-refractivity contribution in [1.29, 1.82) is 0 Å². The minimum Gasteiger partial charge on any atom is -0.455 e. The molecular weight excluding hydrogens is 589 g/mol. The Labute approximate surface area is 264 Å². The van der Waals surface area contributed by atoms with E-state index in [1.165, 1.54) is 12.1 Å². The Balaban J connectivity index is 1.20. The lowest BCUT2D eigenvalue weighted by Crippen LogP contribution is -2.15. The van der Waals surface area contributed by atoms with Gasteiger partial charge in [0.05, 0.1) is 10.6 Å². The Hall–Kier alpha value is -4.88. The highest BCUT2D eigenvalue weighted by Gasteiger charge is 2.49. The number of aromatic nitrogens is 3. The number of furan rings is 1. The number of benzene rings is 4. The summed E-state index contributed by atoms with van der Waals surface area (Å²) < 4.78 is 19.8. The summed E-state index contributed by atoms with van der Waals surface area (Å²) >= 11 is 6.36. The molecule has 0 aliphatic heterocycles. The molecule has 1 aliphatic carbocycles. The third-order valence-corrected chi connectivity index (χ3v) is 9.05. The monoisotopic (exact) mass is 617 g/mol. The first-order valence-corrected chi connectivity index (χ1v) is 15.3. The molecule has 1 aliphatic rings. The van der Waals surface area contributed by atoms with Gasteiger partial charge >= 0.3 is 0 Å². The van der Waals surface area contributed by atoms with Crippen LogP contribution < -0.4 is 0 Å². The van der Waals surface area contributed by atoms with Crippen molar-refractivity contribution in [3.8, 4) is 33.8 Å². The quantitative estimate of drug-likeness (QED) is 0.163. The fourth-order valence-corrected chi connectivity index (χ4v) is 6.17. The molecule has 45 heavy (non-hydrogen) atoms. The number of hydrogen-bond donors (Lipinski definition) is 1. The van der Waals surface area contributed by atoms with Crippen LogP contribution in [0.15, 0.2) is 89.3 Å². The van der Waals surface area contributed by atoms with E-state index in [9.17, 15) is 14.0 Å². The molecule has 2 heterocycles. The van der Waals surface area contributed by atoms with Gasteiger partial charge in [0.1, 0.15) is 23.0 Å². The van der Waals surface area contributed by atoms with Crippen LogP contribution in [0.3, 0.4) is 0 Å².